The molecule has 3 fully saturated rings. The van der Waals surface area contributed by atoms with Gasteiger partial charge in [-0.05, 0) is 80.7 Å². The summed E-state index contributed by atoms with van der Waals surface area (Å²) in [5, 5.41) is 13.5. The molecule has 322 valence electrons. The summed E-state index contributed by atoms with van der Waals surface area (Å²) in [6, 6.07) is 11.7. The lowest BCUT2D eigenvalue weighted by atomic mass is 9.98. The Bertz CT molecular complexity index is 1780. The summed E-state index contributed by atoms with van der Waals surface area (Å²) in [5.41, 5.74) is 4.15. The number of benzene rings is 2. The highest BCUT2D eigenvalue weighted by molar-refractivity contribution is 5.91. The number of phenols is 1. The van der Waals surface area contributed by atoms with E-state index in [4.69, 9.17) is 9.47 Å². The smallest absolute Gasteiger partial charge is 0.410 e. The van der Waals surface area contributed by atoms with Crippen molar-refractivity contribution in [2.45, 2.75) is 90.3 Å². The third-order valence-corrected chi connectivity index (χ3v) is 12.4. The number of likely N-dealkylation sites (N-methyl/N-ethyl adjacent to an activating group) is 1. The third-order valence-electron chi connectivity index (χ3n) is 12.4. The van der Waals surface area contributed by atoms with Gasteiger partial charge in [-0.1, -0.05) is 37.3 Å². The van der Waals surface area contributed by atoms with E-state index >= 15 is 0 Å². The van der Waals surface area contributed by atoms with Gasteiger partial charge in [-0.25, -0.2) is 9.59 Å². The van der Waals surface area contributed by atoms with Gasteiger partial charge in [0.25, 0.3) is 5.91 Å². The van der Waals surface area contributed by atoms with E-state index in [2.05, 4.69) is 15.1 Å². The van der Waals surface area contributed by atoms with E-state index in [1.807, 2.05) is 67.0 Å². The van der Waals surface area contributed by atoms with Gasteiger partial charge >= 0.3 is 18.1 Å². The molecule has 5 amide bonds. The highest BCUT2D eigenvalue weighted by atomic mass is 16.6. The number of phenolic OH excluding ortho intramolecular Hbond substituents is 1. The van der Waals surface area contributed by atoms with Crippen LogP contribution in [0.25, 0.3) is 0 Å². The summed E-state index contributed by atoms with van der Waals surface area (Å²) >= 11 is 0. The highest BCUT2D eigenvalue weighted by Gasteiger charge is 2.37. The quantitative estimate of drug-likeness (QED) is 0.284. The van der Waals surface area contributed by atoms with Crippen LogP contribution in [0.4, 0.5) is 15.3 Å². The number of likely N-dealkylation sites (tertiary alicyclic amines) is 2. The summed E-state index contributed by atoms with van der Waals surface area (Å²) in [5.74, 6) is -0.248. The van der Waals surface area contributed by atoms with Crippen LogP contribution in [0, 0.1) is 13.8 Å². The van der Waals surface area contributed by atoms with Crippen molar-refractivity contribution in [1.29, 1.82) is 0 Å². The minimum absolute atomic E-state index is 0.0130. The maximum Gasteiger partial charge on any atom is 0.410 e. The van der Waals surface area contributed by atoms with Gasteiger partial charge in [0.1, 0.15) is 12.4 Å². The summed E-state index contributed by atoms with van der Waals surface area (Å²) in [4.78, 5) is 77.1. The molecular formula is C44H63N7O8. The number of hydrogen-bond donors (Lipinski definition) is 2. The van der Waals surface area contributed by atoms with Crippen LogP contribution in [0.2, 0.25) is 0 Å². The minimum atomic E-state index is -1.03. The number of carbonyl (C=O) groups is 5. The van der Waals surface area contributed by atoms with Gasteiger partial charge in [-0.3, -0.25) is 24.2 Å². The summed E-state index contributed by atoms with van der Waals surface area (Å²) in [6.45, 7) is 12.0. The summed E-state index contributed by atoms with van der Waals surface area (Å²) in [7, 11) is 1.73. The molecule has 0 aliphatic carbocycles. The third kappa shape index (κ3) is 11.4. The van der Waals surface area contributed by atoms with Crippen LogP contribution >= 0.6 is 0 Å². The predicted octanol–water partition coefficient (Wildman–Crippen LogP) is 4.02. The van der Waals surface area contributed by atoms with Crippen molar-refractivity contribution < 1.29 is 38.6 Å². The van der Waals surface area contributed by atoms with E-state index in [9.17, 15) is 29.1 Å². The van der Waals surface area contributed by atoms with Gasteiger partial charge in [-0.2, -0.15) is 0 Å². The second-order valence-electron chi connectivity index (χ2n) is 16.6. The summed E-state index contributed by atoms with van der Waals surface area (Å²) < 4.78 is 11.5. The molecule has 15 nitrogen and oxygen atoms in total. The van der Waals surface area contributed by atoms with Crippen molar-refractivity contribution in [3.05, 3.63) is 58.7 Å². The molecule has 4 heterocycles. The standard InChI is InChI=1S/C44H63N7O8/c1-5-8-39(52)46(4)25-26-58-40(53)30-47-21-23-48(24-22-47)35-12-16-49(17-13-35)42(55)38(29-33-27-31(2)41(54)32(3)28-33)59-44(57)50-18-14-36(15-19-50)51-20-11-34-9-6-7-10-37(34)45-43(51)56/h6-7,9-10,27-28,35-36,38,54H,5,8,11-26,29-30H2,1-4H3,(H,45,56)/t38-/m1/s1. The van der Waals surface area contributed by atoms with E-state index in [0.29, 0.717) is 75.7 Å². The fourth-order valence-corrected chi connectivity index (χ4v) is 8.85. The Kier molecular flexibility index (Phi) is 15.1. The van der Waals surface area contributed by atoms with Crippen molar-refractivity contribution in [1.82, 2.24) is 29.4 Å². The number of nitrogens with one attached hydrogen (secondary N) is 1. The van der Waals surface area contributed by atoms with Gasteiger partial charge in [0.05, 0.1) is 13.1 Å². The van der Waals surface area contributed by atoms with E-state index in [1.165, 1.54) is 0 Å². The van der Waals surface area contributed by atoms with Crippen molar-refractivity contribution in [2.75, 3.05) is 91.0 Å². The first-order chi connectivity index (χ1) is 28.4. The molecule has 2 N–H and O–H groups in total. The normalized spacial score (nSPS) is 19.1. The number of para-hydroxylation sites is 1. The second kappa shape index (κ2) is 20.4. The van der Waals surface area contributed by atoms with Crippen LogP contribution in [0.15, 0.2) is 36.4 Å². The summed E-state index contributed by atoms with van der Waals surface area (Å²) in [6.07, 6.45) is 3.45. The maximum absolute atomic E-state index is 14.2. The van der Waals surface area contributed by atoms with Crippen LogP contribution in [0.3, 0.4) is 0 Å². The number of esters is 1. The second-order valence-corrected chi connectivity index (χ2v) is 16.6. The molecule has 2 aromatic rings. The zero-order valence-electron chi connectivity index (χ0n) is 35.3. The van der Waals surface area contributed by atoms with Gasteiger partial charge in [0, 0.05) is 96.6 Å². The first-order valence-electron chi connectivity index (χ1n) is 21.4. The molecular weight excluding hydrogens is 755 g/mol. The Morgan fingerprint density at radius 2 is 1.53 bits per heavy atom. The van der Waals surface area contributed by atoms with Gasteiger partial charge in [0.15, 0.2) is 6.10 Å². The fourth-order valence-electron chi connectivity index (χ4n) is 8.85. The molecule has 6 rings (SSSR count). The van der Waals surface area contributed by atoms with E-state index < -0.39 is 12.2 Å². The Balaban J connectivity index is 0.986. The highest BCUT2D eigenvalue weighted by Crippen LogP contribution is 2.28. The van der Waals surface area contributed by atoms with Crippen molar-refractivity contribution in [3.8, 4) is 5.75 Å². The first-order valence-corrected chi connectivity index (χ1v) is 21.4. The van der Waals surface area contributed by atoms with Crippen LogP contribution in [0.5, 0.6) is 5.75 Å². The maximum atomic E-state index is 14.2. The number of ether oxygens (including phenoxy) is 2. The average Bonchev–Trinajstić information content (AvgIpc) is 3.40. The molecule has 0 unspecified atom stereocenters. The van der Waals surface area contributed by atoms with Crippen LogP contribution in [0.1, 0.15) is 67.7 Å². The molecule has 2 aromatic carbocycles. The molecule has 3 saturated heterocycles. The molecule has 59 heavy (non-hydrogen) atoms. The molecule has 0 aromatic heterocycles. The number of fused-ring (bicyclic) bond motifs is 1. The minimum Gasteiger partial charge on any atom is -0.507 e. The largest absolute Gasteiger partial charge is 0.507 e. The zero-order chi connectivity index (χ0) is 42.1. The lowest BCUT2D eigenvalue weighted by Crippen LogP contribution is -2.55. The van der Waals surface area contributed by atoms with Crippen LogP contribution in [-0.4, -0.2) is 168 Å². The van der Waals surface area contributed by atoms with Gasteiger partial charge < -0.3 is 39.5 Å². The molecule has 4 aliphatic heterocycles. The van der Waals surface area contributed by atoms with Crippen LogP contribution in [-0.2, 0) is 36.7 Å². The number of anilines is 1. The number of aryl methyl sites for hydroxylation is 2. The molecule has 0 saturated carbocycles. The molecule has 1 atom stereocenters. The molecule has 15 heteroatoms. The lowest BCUT2D eigenvalue weighted by molar-refractivity contribution is -0.147. The predicted molar refractivity (Wildman–Crippen MR) is 223 cm³/mol. The number of urea groups is 1. The molecule has 0 spiro atoms. The number of rotatable bonds is 13. The number of amides is 5. The number of piperazine rings is 1. The Morgan fingerprint density at radius 1 is 0.881 bits per heavy atom. The van der Waals surface area contributed by atoms with Crippen molar-refractivity contribution in [3.63, 3.8) is 0 Å². The number of piperidine rings is 2. The van der Waals surface area contributed by atoms with E-state index in [1.54, 1.807) is 16.8 Å². The molecule has 0 bridgehead atoms. The number of nitrogens with zero attached hydrogens (tertiary/aromatic N) is 6. The van der Waals surface area contributed by atoms with Crippen LogP contribution < -0.4 is 5.32 Å². The fraction of sp³-hybridized carbons (Fsp3) is 0.614. The van der Waals surface area contributed by atoms with E-state index in [-0.39, 0.29) is 55.2 Å². The Morgan fingerprint density at radius 3 is 2.20 bits per heavy atom. The number of hydrogen-bond acceptors (Lipinski definition) is 10. The number of aromatic hydroxyl groups is 1. The van der Waals surface area contributed by atoms with Crippen molar-refractivity contribution in [2.24, 2.45) is 0 Å². The topological polar surface area (TPSA) is 156 Å². The Hall–Kier alpha value is -4.89. The zero-order valence-corrected chi connectivity index (χ0v) is 35.3. The average molecular weight is 818 g/mol. The molecule has 0 radical (unpaired) electrons. The Labute approximate surface area is 348 Å². The number of carbonyl (C=O) groups excluding carboxylic acids is 5. The first kappa shape index (κ1) is 43.7. The van der Waals surface area contributed by atoms with E-state index in [0.717, 1.165) is 68.7 Å². The van der Waals surface area contributed by atoms with Crippen molar-refractivity contribution >= 4 is 35.6 Å². The van der Waals surface area contributed by atoms with Gasteiger partial charge in [0.2, 0.25) is 5.91 Å². The SMILES string of the molecule is CCCC(=O)N(C)CCOC(=O)CN1CCN(C2CCN(C(=O)[C@@H](Cc3cc(C)c(O)c(C)c3)OC(=O)N3CCC(N4CCc5ccccc5NC4=O)CC3)CC2)CC1. The molecule has 4 aliphatic rings. The lowest BCUT2D eigenvalue weighted by Gasteiger charge is -2.43. The van der Waals surface area contributed by atoms with Gasteiger partial charge in [-0.15, -0.1) is 0 Å². The monoisotopic (exact) mass is 817 g/mol.